The number of nitrogen functional groups attached to an aromatic ring is 1. The Kier molecular flexibility index (Phi) is 5.30. The molecule has 0 aliphatic heterocycles. The van der Waals surface area contributed by atoms with Crippen molar-refractivity contribution in [2.75, 3.05) is 17.7 Å². The van der Waals surface area contributed by atoms with Crippen molar-refractivity contribution < 1.29 is 9.84 Å². The largest absolute Gasteiger partial charge is 0.482 e. The molecule has 0 radical (unpaired) electrons. The van der Waals surface area contributed by atoms with Crippen molar-refractivity contribution in [1.82, 2.24) is 19.4 Å². The van der Waals surface area contributed by atoms with Gasteiger partial charge in [0.25, 0.3) is 0 Å². The van der Waals surface area contributed by atoms with Crippen molar-refractivity contribution in [2.45, 2.75) is 32.4 Å². The lowest BCUT2D eigenvalue weighted by Crippen LogP contribution is -2.24. The Balaban J connectivity index is 1.74. The molecule has 1 atom stereocenters. The van der Waals surface area contributed by atoms with E-state index in [9.17, 15) is 5.11 Å². The van der Waals surface area contributed by atoms with Gasteiger partial charge < -0.3 is 25.3 Å². The number of hydrogen-bond donors (Lipinski definition) is 3. The van der Waals surface area contributed by atoms with Gasteiger partial charge in [-0.1, -0.05) is 19.4 Å². The smallest absolute Gasteiger partial charge is 0.222 e. The van der Waals surface area contributed by atoms with Crippen LogP contribution < -0.4 is 15.8 Å². The van der Waals surface area contributed by atoms with Gasteiger partial charge >= 0.3 is 0 Å². The van der Waals surface area contributed by atoms with Gasteiger partial charge in [0, 0.05) is 12.4 Å². The number of hydrogen-bond acceptors (Lipinski definition) is 7. The van der Waals surface area contributed by atoms with Crippen LogP contribution in [0.25, 0.3) is 5.65 Å². The molecule has 0 saturated heterocycles. The zero-order chi connectivity index (χ0) is 17.6. The molecule has 4 N–H and O–H groups in total. The molecule has 3 heterocycles. The second-order valence-electron chi connectivity index (χ2n) is 5.74. The third-order valence-corrected chi connectivity index (χ3v) is 3.76. The molecule has 3 rings (SSSR count). The molecule has 0 spiro atoms. The van der Waals surface area contributed by atoms with E-state index in [4.69, 9.17) is 10.5 Å². The normalized spacial score (nSPS) is 12.2. The molecular formula is C17H22N6O2. The summed E-state index contributed by atoms with van der Waals surface area (Å²) in [6.45, 7) is 2.34. The number of ether oxygens (including phenoxy) is 1. The zero-order valence-electron chi connectivity index (χ0n) is 14.1. The quantitative estimate of drug-likeness (QED) is 0.573. The highest BCUT2D eigenvalue weighted by molar-refractivity contribution is 5.52. The Hall–Kier alpha value is -2.87. The molecule has 0 unspecified atom stereocenters. The number of pyridine rings is 1. The third kappa shape index (κ3) is 4.16. The van der Waals surface area contributed by atoms with Crippen molar-refractivity contribution in [2.24, 2.45) is 0 Å². The van der Waals surface area contributed by atoms with Gasteiger partial charge in [0.15, 0.2) is 11.6 Å². The topological polar surface area (TPSA) is 111 Å². The van der Waals surface area contributed by atoms with E-state index in [2.05, 4.69) is 27.2 Å². The fourth-order valence-electron chi connectivity index (χ4n) is 2.55. The number of nitrogens with two attached hydrogens (primary N) is 1. The first kappa shape index (κ1) is 17.0. The Morgan fingerprint density at radius 1 is 1.36 bits per heavy atom. The van der Waals surface area contributed by atoms with Crippen LogP contribution in [0.4, 0.5) is 11.8 Å². The highest BCUT2D eigenvalue weighted by Gasteiger charge is 2.13. The van der Waals surface area contributed by atoms with Crippen molar-refractivity contribution in [3.8, 4) is 5.75 Å². The van der Waals surface area contributed by atoms with E-state index < -0.39 is 0 Å². The summed E-state index contributed by atoms with van der Waals surface area (Å²) in [4.78, 5) is 12.7. The molecule has 0 amide bonds. The number of fused-ring (bicyclic) bond motifs is 1. The van der Waals surface area contributed by atoms with E-state index >= 15 is 0 Å². The molecule has 8 heteroatoms. The summed E-state index contributed by atoms with van der Waals surface area (Å²) in [5.74, 6) is 1.10. The fraction of sp³-hybridized carbons (Fsp3) is 0.353. The molecule has 0 aliphatic rings. The molecule has 132 valence electrons. The Bertz CT molecular complexity index is 802. The minimum absolute atomic E-state index is 0.00359. The van der Waals surface area contributed by atoms with Gasteiger partial charge in [0.05, 0.1) is 24.5 Å². The maximum Gasteiger partial charge on any atom is 0.222 e. The van der Waals surface area contributed by atoms with Gasteiger partial charge in [-0.15, -0.1) is 0 Å². The van der Waals surface area contributed by atoms with E-state index in [0.29, 0.717) is 11.6 Å². The van der Waals surface area contributed by atoms with E-state index in [0.717, 1.165) is 24.2 Å². The number of aliphatic hydroxyl groups is 1. The lowest BCUT2D eigenvalue weighted by Gasteiger charge is -2.18. The van der Waals surface area contributed by atoms with Crippen LogP contribution in [0, 0.1) is 0 Å². The van der Waals surface area contributed by atoms with Gasteiger partial charge in [-0.05, 0) is 18.6 Å². The van der Waals surface area contributed by atoms with Gasteiger partial charge in [-0.2, -0.15) is 4.98 Å². The first-order valence-electron chi connectivity index (χ1n) is 8.25. The molecule has 3 aromatic heterocycles. The van der Waals surface area contributed by atoms with Gasteiger partial charge in [-0.3, -0.25) is 0 Å². The predicted octanol–water partition coefficient (Wildman–Crippen LogP) is 1.86. The van der Waals surface area contributed by atoms with Crippen LogP contribution in [-0.4, -0.2) is 37.1 Å². The minimum atomic E-state index is -0.114. The summed E-state index contributed by atoms with van der Waals surface area (Å²) in [6, 6.07) is 5.69. The standard InChI is InChI=1S/C17H22N6O2/c1-2-5-12(10-24)21-16-14(8-19-17(18)22-16)25-11-13-9-23-7-4-3-6-15(23)20-13/h3-4,6-9,12,24H,2,5,10-11H2,1H3,(H3,18,19,21,22)/t12-/m0/s1. The Morgan fingerprint density at radius 3 is 3.00 bits per heavy atom. The number of nitrogens with zero attached hydrogens (tertiary/aromatic N) is 4. The third-order valence-electron chi connectivity index (χ3n) is 3.76. The molecule has 0 fully saturated rings. The molecular weight excluding hydrogens is 320 g/mol. The number of imidazole rings is 1. The monoisotopic (exact) mass is 342 g/mol. The molecule has 0 aliphatic carbocycles. The van der Waals surface area contributed by atoms with Crippen molar-refractivity contribution in [3.63, 3.8) is 0 Å². The predicted molar refractivity (Wildman–Crippen MR) is 95.4 cm³/mol. The molecule has 8 nitrogen and oxygen atoms in total. The molecule has 25 heavy (non-hydrogen) atoms. The lowest BCUT2D eigenvalue weighted by atomic mass is 10.2. The van der Waals surface area contributed by atoms with E-state index in [-0.39, 0.29) is 25.2 Å². The zero-order valence-corrected chi connectivity index (χ0v) is 14.1. The first-order valence-corrected chi connectivity index (χ1v) is 8.25. The highest BCUT2D eigenvalue weighted by Crippen LogP contribution is 2.24. The van der Waals surface area contributed by atoms with Crippen LogP contribution in [0.3, 0.4) is 0 Å². The SMILES string of the molecule is CCC[C@@H](CO)Nc1nc(N)ncc1OCc1cn2ccccc2n1. The summed E-state index contributed by atoms with van der Waals surface area (Å²) in [5, 5.41) is 12.6. The minimum Gasteiger partial charge on any atom is -0.482 e. The second kappa shape index (κ2) is 7.80. The van der Waals surface area contributed by atoms with Crippen LogP contribution >= 0.6 is 0 Å². The van der Waals surface area contributed by atoms with Crippen LogP contribution in [0.2, 0.25) is 0 Å². The number of nitrogens with one attached hydrogen (secondary N) is 1. The molecule has 0 aromatic carbocycles. The van der Waals surface area contributed by atoms with Crippen LogP contribution in [0.5, 0.6) is 5.75 Å². The van der Waals surface area contributed by atoms with Crippen molar-refractivity contribution in [3.05, 3.63) is 42.5 Å². The summed E-state index contributed by atoms with van der Waals surface area (Å²) < 4.78 is 7.76. The maximum atomic E-state index is 9.48. The first-order chi connectivity index (χ1) is 12.2. The van der Waals surface area contributed by atoms with E-state index in [1.54, 1.807) is 0 Å². The molecule has 0 bridgehead atoms. The average Bonchev–Trinajstić information content (AvgIpc) is 3.03. The van der Waals surface area contributed by atoms with E-state index in [1.165, 1.54) is 6.20 Å². The summed E-state index contributed by atoms with van der Waals surface area (Å²) in [5.41, 5.74) is 7.33. The van der Waals surface area contributed by atoms with Crippen molar-refractivity contribution in [1.29, 1.82) is 0 Å². The van der Waals surface area contributed by atoms with Gasteiger partial charge in [0.1, 0.15) is 12.3 Å². The number of aromatic nitrogens is 4. The van der Waals surface area contributed by atoms with Gasteiger partial charge in [0.2, 0.25) is 5.95 Å². The average molecular weight is 342 g/mol. The Labute approximate surface area is 145 Å². The summed E-state index contributed by atoms with van der Waals surface area (Å²) >= 11 is 0. The number of aliphatic hydroxyl groups excluding tert-OH is 1. The van der Waals surface area contributed by atoms with Crippen LogP contribution in [0.15, 0.2) is 36.8 Å². The Morgan fingerprint density at radius 2 is 2.24 bits per heavy atom. The van der Waals surface area contributed by atoms with Gasteiger partial charge in [-0.25, -0.2) is 9.97 Å². The molecule has 3 aromatic rings. The number of anilines is 2. The highest BCUT2D eigenvalue weighted by atomic mass is 16.5. The summed E-state index contributed by atoms with van der Waals surface area (Å²) in [6.07, 6.45) is 7.12. The summed E-state index contributed by atoms with van der Waals surface area (Å²) in [7, 11) is 0. The number of rotatable bonds is 8. The second-order valence-corrected chi connectivity index (χ2v) is 5.74. The van der Waals surface area contributed by atoms with E-state index in [1.807, 2.05) is 35.0 Å². The van der Waals surface area contributed by atoms with Crippen LogP contribution in [-0.2, 0) is 6.61 Å². The maximum absolute atomic E-state index is 9.48. The molecule has 0 saturated carbocycles. The van der Waals surface area contributed by atoms with Crippen molar-refractivity contribution >= 4 is 17.4 Å². The van der Waals surface area contributed by atoms with Crippen LogP contribution in [0.1, 0.15) is 25.5 Å². The lowest BCUT2D eigenvalue weighted by molar-refractivity contribution is 0.266. The fourth-order valence-corrected chi connectivity index (χ4v) is 2.55.